The van der Waals surface area contributed by atoms with Gasteiger partial charge in [0.25, 0.3) is 0 Å². The fourth-order valence-electron chi connectivity index (χ4n) is 2.59. The molecule has 0 radical (unpaired) electrons. The molecule has 0 aromatic heterocycles. The summed E-state index contributed by atoms with van der Waals surface area (Å²) in [6.07, 6.45) is 3.51. The Morgan fingerprint density at radius 1 is 1.29 bits per heavy atom. The molecule has 0 aromatic rings. The summed E-state index contributed by atoms with van der Waals surface area (Å²) in [7, 11) is 0. The highest BCUT2D eigenvalue weighted by Crippen LogP contribution is 2.18. The zero-order valence-corrected chi connectivity index (χ0v) is 13.9. The van der Waals surface area contributed by atoms with E-state index in [9.17, 15) is 9.59 Å². The number of amides is 2. The van der Waals surface area contributed by atoms with Crippen molar-refractivity contribution in [3.8, 4) is 0 Å². The maximum Gasteiger partial charge on any atom is 0.409 e. The second-order valence-electron chi connectivity index (χ2n) is 6.36. The molecule has 1 N–H and O–H groups in total. The van der Waals surface area contributed by atoms with Gasteiger partial charge in [0.1, 0.15) is 0 Å². The van der Waals surface area contributed by atoms with E-state index in [-0.39, 0.29) is 24.0 Å². The van der Waals surface area contributed by atoms with Crippen molar-refractivity contribution in [1.82, 2.24) is 10.2 Å². The highest BCUT2D eigenvalue weighted by atomic mass is 16.6. The third-order valence-corrected chi connectivity index (χ3v) is 3.88. The summed E-state index contributed by atoms with van der Waals surface area (Å²) < 4.78 is 5.01. The van der Waals surface area contributed by atoms with Crippen LogP contribution in [0.5, 0.6) is 0 Å². The van der Waals surface area contributed by atoms with Crippen molar-refractivity contribution in [3.63, 3.8) is 0 Å². The van der Waals surface area contributed by atoms with E-state index < -0.39 is 0 Å². The molecule has 5 heteroatoms. The molecule has 1 aliphatic rings. The van der Waals surface area contributed by atoms with Crippen LogP contribution in [0.2, 0.25) is 0 Å². The first kappa shape index (κ1) is 17.8. The smallest absolute Gasteiger partial charge is 0.409 e. The lowest BCUT2D eigenvalue weighted by molar-refractivity contribution is -0.127. The van der Waals surface area contributed by atoms with Crippen LogP contribution in [-0.2, 0) is 9.53 Å². The zero-order valence-electron chi connectivity index (χ0n) is 13.9. The fraction of sp³-hybridized carbons (Fsp3) is 0.875. The Morgan fingerprint density at radius 2 is 2.00 bits per heavy atom. The Morgan fingerprint density at radius 3 is 2.62 bits per heavy atom. The van der Waals surface area contributed by atoms with Crippen molar-refractivity contribution < 1.29 is 14.3 Å². The minimum Gasteiger partial charge on any atom is -0.450 e. The van der Waals surface area contributed by atoms with E-state index in [1.54, 1.807) is 11.8 Å². The molecule has 0 aromatic carbocycles. The van der Waals surface area contributed by atoms with Gasteiger partial charge in [0, 0.05) is 19.1 Å². The standard InChI is InChI=1S/C16H30N2O3/c1-5-21-16(20)18-10-6-7-14(11-18)15(19)17-13(4)9-8-12(2)3/h12-14H,5-11H2,1-4H3,(H,17,19). The van der Waals surface area contributed by atoms with E-state index >= 15 is 0 Å². The van der Waals surface area contributed by atoms with Crippen molar-refractivity contribution in [1.29, 1.82) is 0 Å². The molecule has 1 heterocycles. The fourth-order valence-corrected chi connectivity index (χ4v) is 2.59. The van der Waals surface area contributed by atoms with Crippen molar-refractivity contribution >= 4 is 12.0 Å². The van der Waals surface area contributed by atoms with Gasteiger partial charge in [-0.15, -0.1) is 0 Å². The molecular formula is C16H30N2O3. The second kappa shape index (κ2) is 8.90. The van der Waals surface area contributed by atoms with Gasteiger partial charge in [0.05, 0.1) is 12.5 Å². The molecule has 5 nitrogen and oxygen atoms in total. The van der Waals surface area contributed by atoms with E-state index in [0.29, 0.717) is 25.6 Å². The number of carbonyl (C=O) groups excluding carboxylic acids is 2. The molecule has 2 amide bonds. The predicted molar refractivity (Wildman–Crippen MR) is 83.0 cm³/mol. The molecule has 1 fully saturated rings. The number of rotatable bonds is 6. The van der Waals surface area contributed by atoms with Gasteiger partial charge in [-0.2, -0.15) is 0 Å². The second-order valence-corrected chi connectivity index (χ2v) is 6.36. The average molecular weight is 298 g/mol. The number of nitrogens with zero attached hydrogens (tertiary/aromatic N) is 1. The quantitative estimate of drug-likeness (QED) is 0.820. The number of carbonyl (C=O) groups is 2. The third-order valence-electron chi connectivity index (χ3n) is 3.88. The lowest BCUT2D eigenvalue weighted by Gasteiger charge is -2.31. The number of hydrogen-bond acceptors (Lipinski definition) is 3. The number of piperidine rings is 1. The van der Waals surface area contributed by atoms with Gasteiger partial charge in [-0.3, -0.25) is 4.79 Å². The Hall–Kier alpha value is -1.26. The minimum atomic E-state index is -0.303. The van der Waals surface area contributed by atoms with Crippen LogP contribution in [0.15, 0.2) is 0 Å². The zero-order chi connectivity index (χ0) is 15.8. The molecule has 21 heavy (non-hydrogen) atoms. The normalized spacial score (nSPS) is 20.2. The van der Waals surface area contributed by atoms with Gasteiger partial charge < -0.3 is 15.0 Å². The Labute approximate surface area is 128 Å². The van der Waals surface area contributed by atoms with Crippen LogP contribution < -0.4 is 5.32 Å². The number of ether oxygens (including phenoxy) is 1. The van der Waals surface area contributed by atoms with Crippen LogP contribution in [0.1, 0.15) is 53.4 Å². The molecular weight excluding hydrogens is 268 g/mol. The van der Waals surface area contributed by atoms with Crippen LogP contribution in [0.4, 0.5) is 4.79 Å². The molecule has 0 saturated carbocycles. The first-order valence-electron chi connectivity index (χ1n) is 8.16. The van der Waals surface area contributed by atoms with Crippen LogP contribution in [0.25, 0.3) is 0 Å². The Balaban J connectivity index is 2.41. The first-order valence-corrected chi connectivity index (χ1v) is 8.16. The SMILES string of the molecule is CCOC(=O)N1CCCC(C(=O)NC(C)CCC(C)C)C1. The van der Waals surface area contributed by atoms with Crippen LogP contribution in [-0.4, -0.2) is 42.6 Å². The van der Waals surface area contributed by atoms with E-state index in [4.69, 9.17) is 4.74 Å². The maximum atomic E-state index is 12.3. The van der Waals surface area contributed by atoms with E-state index in [1.165, 1.54) is 0 Å². The van der Waals surface area contributed by atoms with Gasteiger partial charge in [-0.05, 0) is 45.4 Å². The van der Waals surface area contributed by atoms with Crippen LogP contribution in [0.3, 0.4) is 0 Å². The highest BCUT2D eigenvalue weighted by molar-refractivity contribution is 5.80. The van der Waals surface area contributed by atoms with E-state index in [1.807, 2.05) is 6.92 Å². The minimum absolute atomic E-state index is 0.0697. The highest BCUT2D eigenvalue weighted by Gasteiger charge is 2.29. The van der Waals surface area contributed by atoms with Crippen molar-refractivity contribution in [2.24, 2.45) is 11.8 Å². The van der Waals surface area contributed by atoms with Crippen molar-refractivity contribution in [2.75, 3.05) is 19.7 Å². The molecule has 1 rings (SSSR count). The number of hydrogen-bond donors (Lipinski definition) is 1. The van der Waals surface area contributed by atoms with Gasteiger partial charge in [-0.25, -0.2) is 4.79 Å². The summed E-state index contributed by atoms with van der Waals surface area (Å²) in [5.41, 5.74) is 0. The Kier molecular flexibility index (Phi) is 7.54. The molecule has 2 atom stereocenters. The number of likely N-dealkylation sites (tertiary alicyclic amines) is 1. The van der Waals surface area contributed by atoms with Crippen LogP contribution >= 0.6 is 0 Å². The van der Waals surface area contributed by atoms with Crippen LogP contribution in [0, 0.1) is 11.8 Å². The van der Waals surface area contributed by atoms with E-state index in [0.717, 1.165) is 25.7 Å². The van der Waals surface area contributed by atoms with Gasteiger partial charge in [-0.1, -0.05) is 13.8 Å². The van der Waals surface area contributed by atoms with Crippen molar-refractivity contribution in [3.05, 3.63) is 0 Å². The molecule has 0 spiro atoms. The molecule has 1 saturated heterocycles. The van der Waals surface area contributed by atoms with Gasteiger partial charge >= 0.3 is 6.09 Å². The predicted octanol–water partition coefficient (Wildman–Crippen LogP) is 2.80. The summed E-state index contributed by atoms with van der Waals surface area (Å²) in [4.78, 5) is 25.7. The summed E-state index contributed by atoms with van der Waals surface area (Å²) in [6, 6.07) is 0.192. The summed E-state index contributed by atoms with van der Waals surface area (Å²) in [5.74, 6) is 0.614. The molecule has 122 valence electrons. The third kappa shape index (κ3) is 6.36. The topological polar surface area (TPSA) is 58.6 Å². The van der Waals surface area contributed by atoms with Gasteiger partial charge in [0.15, 0.2) is 0 Å². The summed E-state index contributed by atoms with van der Waals surface area (Å²) in [5, 5.41) is 3.08. The maximum absolute atomic E-state index is 12.3. The number of nitrogens with one attached hydrogen (secondary N) is 1. The Bertz CT molecular complexity index is 344. The largest absolute Gasteiger partial charge is 0.450 e. The van der Waals surface area contributed by atoms with Gasteiger partial charge in [0.2, 0.25) is 5.91 Å². The lowest BCUT2D eigenvalue weighted by Crippen LogP contribution is -2.47. The lowest BCUT2D eigenvalue weighted by atomic mass is 9.96. The molecule has 0 bridgehead atoms. The average Bonchev–Trinajstić information content (AvgIpc) is 2.45. The monoisotopic (exact) mass is 298 g/mol. The first-order chi connectivity index (χ1) is 9.93. The van der Waals surface area contributed by atoms with Crippen molar-refractivity contribution in [2.45, 2.75) is 59.4 Å². The summed E-state index contributed by atoms with van der Waals surface area (Å²) >= 11 is 0. The molecule has 0 aliphatic carbocycles. The summed E-state index contributed by atoms with van der Waals surface area (Å²) in [6.45, 7) is 9.75. The molecule has 1 aliphatic heterocycles. The van der Waals surface area contributed by atoms with E-state index in [2.05, 4.69) is 19.2 Å². The molecule has 2 unspecified atom stereocenters.